The molecule has 0 aliphatic rings. The van der Waals surface area contributed by atoms with E-state index in [1.54, 1.807) is 7.11 Å². The molecule has 0 saturated heterocycles. The first-order valence-corrected chi connectivity index (χ1v) is 12.7. The number of aromatic nitrogens is 2. The number of thiophene rings is 1. The summed E-state index contributed by atoms with van der Waals surface area (Å²) >= 11 is 1.47. The average molecular weight is 478 g/mol. The first kappa shape index (κ1) is 23.8. The number of carbonyl (C=O) groups is 1. The SMILES string of the molecule is COc1ccc(OCCCn2c(CCCCCNC(=O)c3cccs3)nc3ccccc32)cc1. The monoisotopic (exact) mass is 477 g/mol. The van der Waals surface area contributed by atoms with Crippen LogP contribution in [0.5, 0.6) is 11.5 Å². The molecule has 0 fully saturated rings. The van der Waals surface area contributed by atoms with Crippen molar-refractivity contribution in [1.82, 2.24) is 14.9 Å². The first-order valence-electron chi connectivity index (χ1n) is 11.8. The summed E-state index contributed by atoms with van der Waals surface area (Å²) in [5.41, 5.74) is 2.21. The van der Waals surface area contributed by atoms with Crippen molar-refractivity contribution < 1.29 is 14.3 Å². The third kappa shape index (κ3) is 6.38. The van der Waals surface area contributed by atoms with Crippen LogP contribution in [0.3, 0.4) is 0 Å². The summed E-state index contributed by atoms with van der Waals surface area (Å²) in [5, 5.41) is 4.92. The lowest BCUT2D eigenvalue weighted by Gasteiger charge is -2.11. The second-order valence-corrected chi connectivity index (χ2v) is 9.04. The molecule has 1 amide bonds. The number of unbranched alkanes of at least 4 members (excludes halogenated alkanes) is 2. The van der Waals surface area contributed by atoms with E-state index < -0.39 is 0 Å². The van der Waals surface area contributed by atoms with Crippen molar-refractivity contribution in [2.45, 2.75) is 38.6 Å². The van der Waals surface area contributed by atoms with Gasteiger partial charge in [-0.1, -0.05) is 24.6 Å². The van der Waals surface area contributed by atoms with E-state index in [2.05, 4.69) is 28.1 Å². The second kappa shape index (κ2) is 12.2. The number of benzene rings is 2. The zero-order chi connectivity index (χ0) is 23.6. The number of hydrogen-bond acceptors (Lipinski definition) is 5. The Morgan fingerprint density at radius 2 is 1.79 bits per heavy atom. The van der Waals surface area contributed by atoms with Crippen molar-refractivity contribution in [1.29, 1.82) is 0 Å². The van der Waals surface area contributed by atoms with Crippen LogP contribution in [0.4, 0.5) is 0 Å². The Morgan fingerprint density at radius 1 is 0.971 bits per heavy atom. The molecular weight excluding hydrogens is 446 g/mol. The Labute approximate surface area is 204 Å². The maximum Gasteiger partial charge on any atom is 0.261 e. The van der Waals surface area contributed by atoms with Gasteiger partial charge < -0.3 is 19.4 Å². The van der Waals surface area contributed by atoms with Gasteiger partial charge in [-0.3, -0.25) is 4.79 Å². The van der Waals surface area contributed by atoms with Gasteiger partial charge in [0.05, 0.1) is 29.6 Å². The van der Waals surface area contributed by atoms with Gasteiger partial charge in [0.25, 0.3) is 5.91 Å². The van der Waals surface area contributed by atoms with Crippen LogP contribution in [-0.2, 0) is 13.0 Å². The zero-order valence-corrected chi connectivity index (χ0v) is 20.4. The van der Waals surface area contributed by atoms with Crippen LogP contribution >= 0.6 is 11.3 Å². The number of hydrogen-bond donors (Lipinski definition) is 1. The molecule has 0 radical (unpaired) electrons. The Kier molecular flexibility index (Phi) is 8.57. The normalized spacial score (nSPS) is 11.0. The summed E-state index contributed by atoms with van der Waals surface area (Å²) in [6.07, 6.45) is 4.88. The van der Waals surface area contributed by atoms with Crippen molar-refractivity contribution in [2.24, 2.45) is 0 Å². The Hall–Kier alpha value is -3.32. The largest absolute Gasteiger partial charge is 0.497 e. The molecule has 6 nitrogen and oxygen atoms in total. The summed E-state index contributed by atoms with van der Waals surface area (Å²) < 4.78 is 13.4. The van der Waals surface area contributed by atoms with Crippen molar-refractivity contribution in [3.05, 3.63) is 76.7 Å². The lowest BCUT2D eigenvalue weighted by Crippen LogP contribution is -2.23. The average Bonchev–Trinajstić information content (AvgIpc) is 3.53. The molecule has 0 aliphatic heterocycles. The highest BCUT2D eigenvalue weighted by molar-refractivity contribution is 7.12. The maximum atomic E-state index is 12.0. The molecule has 0 saturated carbocycles. The molecule has 1 N–H and O–H groups in total. The number of nitrogens with one attached hydrogen (secondary N) is 1. The van der Waals surface area contributed by atoms with Crippen LogP contribution in [-0.4, -0.2) is 35.7 Å². The Bertz CT molecular complexity index is 1170. The molecule has 2 aromatic heterocycles. The van der Waals surface area contributed by atoms with Gasteiger partial charge in [0.15, 0.2) is 0 Å². The predicted molar refractivity (Wildman–Crippen MR) is 137 cm³/mol. The van der Waals surface area contributed by atoms with Crippen molar-refractivity contribution >= 4 is 28.3 Å². The zero-order valence-electron chi connectivity index (χ0n) is 19.5. The summed E-state index contributed by atoms with van der Waals surface area (Å²) in [5.74, 6) is 2.82. The quantitative estimate of drug-likeness (QED) is 0.250. The number of aryl methyl sites for hydroxylation is 2. The van der Waals surface area contributed by atoms with Crippen molar-refractivity contribution in [3.63, 3.8) is 0 Å². The fourth-order valence-corrected chi connectivity index (χ4v) is 4.57. The summed E-state index contributed by atoms with van der Waals surface area (Å²) in [6.45, 7) is 2.21. The number of methoxy groups -OCH3 is 1. The minimum atomic E-state index is 0.0219. The number of nitrogens with zero attached hydrogens (tertiary/aromatic N) is 2. The molecule has 0 bridgehead atoms. The number of ether oxygens (including phenoxy) is 2. The topological polar surface area (TPSA) is 65.4 Å². The predicted octanol–water partition coefficient (Wildman–Crippen LogP) is 5.72. The highest BCUT2D eigenvalue weighted by Gasteiger charge is 2.10. The van der Waals surface area contributed by atoms with Gasteiger partial charge in [-0.25, -0.2) is 4.98 Å². The third-order valence-corrected chi connectivity index (χ3v) is 6.56. The minimum Gasteiger partial charge on any atom is -0.497 e. The number of rotatable bonds is 13. The molecule has 34 heavy (non-hydrogen) atoms. The minimum absolute atomic E-state index is 0.0219. The maximum absolute atomic E-state index is 12.0. The molecule has 178 valence electrons. The molecule has 0 spiro atoms. The molecule has 0 aliphatic carbocycles. The van der Waals surface area contributed by atoms with Crippen molar-refractivity contribution in [3.8, 4) is 11.5 Å². The van der Waals surface area contributed by atoms with Gasteiger partial charge in [0.1, 0.15) is 17.3 Å². The van der Waals surface area contributed by atoms with E-state index in [1.165, 1.54) is 16.9 Å². The molecular formula is C27H31N3O3S. The molecule has 0 atom stereocenters. The highest BCUT2D eigenvalue weighted by atomic mass is 32.1. The lowest BCUT2D eigenvalue weighted by atomic mass is 10.2. The van der Waals surface area contributed by atoms with Crippen LogP contribution in [0.1, 0.15) is 41.2 Å². The van der Waals surface area contributed by atoms with E-state index in [9.17, 15) is 4.79 Å². The van der Waals surface area contributed by atoms with E-state index in [1.807, 2.05) is 47.8 Å². The number of para-hydroxylation sites is 2. The van der Waals surface area contributed by atoms with Gasteiger partial charge in [-0.05, 0) is 67.1 Å². The van der Waals surface area contributed by atoms with Crippen molar-refractivity contribution in [2.75, 3.05) is 20.3 Å². The molecule has 7 heteroatoms. The van der Waals surface area contributed by atoms with E-state index >= 15 is 0 Å². The molecule has 0 unspecified atom stereocenters. The smallest absolute Gasteiger partial charge is 0.261 e. The number of amides is 1. The summed E-state index contributed by atoms with van der Waals surface area (Å²) in [4.78, 5) is 17.7. The van der Waals surface area contributed by atoms with Gasteiger partial charge in [0, 0.05) is 19.5 Å². The van der Waals surface area contributed by atoms with Gasteiger partial charge >= 0.3 is 0 Å². The summed E-state index contributed by atoms with van der Waals surface area (Å²) in [6, 6.07) is 19.7. The molecule has 2 aromatic carbocycles. The van der Waals surface area contributed by atoms with Gasteiger partial charge in [0.2, 0.25) is 0 Å². The highest BCUT2D eigenvalue weighted by Crippen LogP contribution is 2.20. The van der Waals surface area contributed by atoms with Gasteiger partial charge in [-0.15, -0.1) is 11.3 Å². The van der Waals surface area contributed by atoms with Crippen LogP contribution < -0.4 is 14.8 Å². The standard InChI is InChI=1S/C27H31N3O3S/c1-32-21-13-15-22(16-14-21)33-19-8-18-30-24-10-5-4-9-23(24)29-26(30)12-3-2-6-17-28-27(31)25-11-7-20-34-25/h4-5,7,9-11,13-16,20H,2-3,6,8,12,17-19H2,1H3,(H,28,31). The van der Waals surface area contributed by atoms with Crippen LogP contribution in [0.25, 0.3) is 11.0 Å². The number of fused-ring (bicyclic) bond motifs is 1. The van der Waals surface area contributed by atoms with E-state index in [4.69, 9.17) is 14.5 Å². The van der Waals surface area contributed by atoms with E-state index in [0.717, 1.165) is 66.4 Å². The van der Waals surface area contributed by atoms with Crippen LogP contribution in [0, 0.1) is 0 Å². The Balaban J connectivity index is 1.24. The number of imidazole rings is 1. The molecule has 4 rings (SSSR count). The Morgan fingerprint density at radius 3 is 2.59 bits per heavy atom. The van der Waals surface area contributed by atoms with E-state index in [0.29, 0.717) is 13.2 Å². The van der Waals surface area contributed by atoms with Gasteiger partial charge in [-0.2, -0.15) is 0 Å². The fraction of sp³-hybridized carbons (Fsp3) is 0.333. The molecule has 2 heterocycles. The second-order valence-electron chi connectivity index (χ2n) is 8.09. The third-order valence-electron chi connectivity index (χ3n) is 5.70. The van der Waals surface area contributed by atoms with Crippen LogP contribution in [0.2, 0.25) is 0 Å². The van der Waals surface area contributed by atoms with E-state index in [-0.39, 0.29) is 5.91 Å². The lowest BCUT2D eigenvalue weighted by molar-refractivity contribution is 0.0957. The summed E-state index contributed by atoms with van der Waals surface area (Å²) in [7, 11) is 1.66. The fourth-order valence-electron chi connectivity index (χ4n) is 3.93. The first-order chi connectivity index (χ1) is 16.7. The van der Waals surface area contributed by atoms with Crippen LogP contribution in [0.15, 0.2) is 66.0 Å². The molecule has 4 aromatic rings. The number of carbonyl (C=O) groups excluding carboxylic acids is 1.